The fourth-order valence-corrected chi connectivity index (χ4v) is 2.65. The molecule has 0 amide bonds. The third kappa shape index (κ3) is 4.35. The summed E-state index contributed by atoms with van der Waals surface area (Å²) < 4.78 is 6.79. The third-order valence-electron chi connectivity index (χ3n) is 4.07. The Balaban J connectivity index is 1.92. The van der Waals surface area contributed by atoms with E-state index in [4.69, 9.17) is 4.74 Å². The van der Waals surface area contributed by atoms with Crippen molar-refractivity contribution in [1.29, 1.82) is 0 Å². The Hall–Kier alpha value is -3.68. The number of aryl methyl sites for hydroxylation is 1. The Labute approximate surface area is 161 Å². The lowest BCUT2D eigenvalue weighted by atomic mass is 10.1. The second kappa shape index (κ2) is 8.34. The lowest BCUT2D eigenvalue weighted by Gasteiger charge is -2.08. The van der Waals surface area contributed by atoms with Crippen LogP contribution in [0.3, 0.4) is 0 Å². The Morgan fingerprint density at radius 1 is 1.29 bits per heavy atom. The highest BCUT2D eigenvalue weighted by Crippen LogP contribution is 2.19. The van der Waals surface area contributed by atoms with Crippen LogP contribution >= 0.6 is 0 Å². The van der Waals surface area contributed by atoms with Crippen molar-refractivity contribution in [2.24, 2.45) is 0 Å². The van der Waals surface area contributed by atoms with Crippen molar-refractivity contribution < 1.29 is 19.4 Å². The van der Waals surface area contributed by atoms with Crippen LogP contribution in [0.4, 0.5) is 0 Å². The summed E-state index contributed by atoms with van der Waals surface area (Å²) in [6.45, 7) is 4.36. The number of allylic oxidation sites excluding steroid dienone is 1. The van der Waals surface area contributed by atoms with Gasteiger partial charge in [0, 0.05) is 24.4 Å². The number of aromatic nitrogens is 4. The fourth-order valence-electron chi connectivity index (χ4n) is 2.65. The van der Waals surface area contributed by atoms with Gasteiger partial charge >= 0.3 is 5.97 Å². The lowest BCUT2D eigenvalue weighted by Crippen LogP contribution is -2.12. The van der Waals surface area contributed by atoms with Crippen molar-refractivity contribution >= 4 is 17.5 Å². The van der Waals surface area contributed by atoms with Crippen LogP contribution in [-0.2, 0) is 11.3 Å². The minimum atomic E-state index is -0.529. The number of hydrogen-bond donors (Lipinski definition) is 2. The summed E-state index contributed by atoms with van der Waals surface area (Å²) in [6, 6.07) is 9.39. The van der Waals surface area contributed by atoms with E-state index in [2.05, 4.69) is 15.2 Å². The van der Waals surface area contributed by atoms with Crippen LogP contribution in [0.2, 0.25) is 0 Å². The minimum absolute atomic E-state index is 0.0104. The second-order valence-corrected chi connectivity index (χ2v) is 6.18. The molecule has 0 unspecified atom stereocenters. The number of esters is 1. The van der Waals surface area contributed by atoms with Crippen LogP contribution in [-0.4, -0.2) is 43.2 Å². The molecule has 0 aliphatic carbocycles. The molecule has 0 aliphatic rings. The first-order valence-electron chi connectivity index (χ1n) is 8.71. The average molecular weight is 380 g/mol. The van der Waals surface area contributed by atoms with E-state index in [1.165, 1.54) is 12.4 Å². The van der Waals surface area contributed by atoms with Crippen LogP contribution in [0.15, 0.2) is 48.9 Å². The van der Waals surface area contributed by atoms with Gasteiger partial charge in [0.15, 0.2) is 5.82 Å². The van der Waals surface area contributed by atoms with E-state index < -0.39 is 11.8 Å². The van der Waals surface area contributed by atoms with E-state index in [-0.39, 0.29) is 23.9 Å². The number of aromatic amines is 1. The molecule has 28 heavy (non-hydrogen) atoms. The normalized spacial score (nSPS) is 11.4. The van der Waals surface area contributed by atoms with Crippen molar-refractivity contribution in [3.63, 3.8) is 0 Å². The molecular weight excluding hydrogens is 360 g/mol. The molecule has 0 atom stereocenters. The molecule has 1 aromatic carbocycles. The number of nitrogens with zero attached hydrogens (tertiary/aromatic N) is 3. The van der Waals surface area contributed by atoms with Gasteiger partial charge in [-0.1, -0.05) is 29.8 Å². The molecule has 0 saturated carbocycles. The number of carbonyl (C=O) groups is 2. The maximum absolute atomic E-state index is 12.3. The summed E-state index contributed by atoms with van der Waals surface area (Å²) in [5.74, 6) is -1.31. The van der Waals surface area contributed by atoms with Gasteiger partial charge in [-0.2, -0.15) is 5.10 Å². The molecule has 2 heterocycles. The highest BCUT2D eigenvalue weighted by atomic mass is 16.5. The first kappa shape index (κ1) is 19.1. The van der Waals surface area contributed by atoms with E-state index in [0.717, 1.165) is 17.2 Å². The molecule has 0 fully saturated rings. The van der Waals surface area contributed by atoms with Crippen molar-refractivity contribution in [2.45, 2.75) is 20.4 Å². The summed E-state index contributed by atoms with van der Waals surface area (Å²) in [4.78, 5) is 28.1. The molecule has 2 aromatic heterocycles. The number of carbonyl (C=O) groups excluding carboxylic acids is 2. The molecule has 0 spiro atoms. The van der Waals surface area contributed by atoms with E-state index in [1.54, 1.807) is 17.7 Å². The zero-order chi connectivity index (χ0) is 20.1. The fraction of sp³-hybridized carbons (Fsp3) is 0.200. The molecule has 0 radical (unpaired) electrons. The number of aliphatic hydroxyl groups is 1. The number of H-pyrrole nitrogens is 1. The molecule has 144 valence electrons. The van der Waals surface area contributed by atoms with Crippen LogP contribution in [0.25, 0.3) is 5.76 Å². The van der Waals surface area contributed by atoms with Crippen LogP contribution in [0.1, 0.15) is 44.7 Å². The quantitative estimate of drug-likeness (QED) is 0.282. The first-order chi connectivity index (χ1) is 13.5. The van der Waals surface area contributed by atoms with Gasteiger partial charge in [-0.15, -0.1) is 0 Å². The molecule has 2 N–H and O–H groups in total. The van der Waals surface area contributed by atoms with Gasteiger partial charge in [-0.3, -0.25) is 9.89 Å². The number of nitrogens with one attached hydrogen (secondary N) is 1. The van der Waals surface area contributed by atoms with Crippen molar-refractivity contribution in [3.05, 3.63) is 77.1 Å². The van der Waals surface area contributed by atoms with Gasteiger partial charge in [-0.25, -0.2) is 9.78 Å². The molecule has 8 heteroatoms. The third-order valence-corrected chi connectivity index (χ3v) is 4.07. The molecule has 0 bridgehead atoms. The Morgan fingerprint density at radius 3 is 2.68 bits per heavy atom. The smallest absolute Gasteiger partial charge is 0.354 e. The number of ether oxygens (including phenoxy) is 1. The Morgan fingerprint density at radius 2 is 2.04 bits per heavy atom. The SMILES string of the molecule is CCOC(=O)c1cc(C(O)=CC(=O)c2ncn[nH]2)cn1Cc1ccc(C)cc1. The highest BCUT2D eigenvalue weighted by Gasteiger charge is 2.18. The standard InChI is InChI=1S/C20H20N4O4/c1-3-28-20(27)16-8-15(17(25)9-18(26)19-21-12-22-23-19)11-24(16)10-14-6-4-13(2)5-7-14/h4-9,11-12,25H,3,10H2,1-2H3,(H,21,22,23). The van der Waals surface area contributed by atoms with Crippen molar-refractivity contribution in [2.75, 3.05) is 6.61 Å². The minimum Gasteiger partial charge on any atom is -0.507 e. The zero-order valence-electron chi connectivity index (χ0n) is 15.5. The number of ketones is 1. The maximum Gasteiger partial charge on any atom is 0.354 e. The van der Waals surface area contributed by atoms with Gasteiger partial charge in [0.2, 0.25) is 5.78 Å². The molecule has 3 aromatic rings. The highest BCUT2D eigenvalue weighted by molar-refractivity contribution is 6.05. The summed E-state index contributed by atoms with van der Waals surface area (Å²) in [5, 5.41) is 16.4. The van der Waals surface area contributed by atoms with Gasteiger partial charge in [-0.05, 0) is 25.5 Å². The Kier molecular flexibility index (Phi) is 5.69. The number of benzene rings is 1. The summed E-state index contributed by atoms with van der Waals surface area (Å²) in [6.07, 6.45) is 3.83. The van der Waals surface area contributed by atoms with Crippen molar-refractivity contribution in [3.8, 4) is 0 Å². The largest absolute Gasteiger partial charge is 0.507 e. The van der Waals surface area contributed by atoms with Gasteiger partial charge in [0.25, 0.3) is 0 Å². The van der Waals surface area contributed by atoms with Crippen molar-refractivity contribution in [1.82, 2.24) is 19.7 Å². The molecule has 8 nitrogen and oxygen atoms in total. The summed E-state index contributed by atoms with van der Waals surface area (Å²) in [5.41, 5.74) is 2.72. The number of aliphatic hydroxyl groups excluding tert-OH is 1. The van der Waals surface area contributed by atoms with Crippen LogP contribution in [0.5, 0.6) is 0 Å². The topological polar surface area (TPSA) is 110 Å². The summed E-state index contributed by atoms with van der Waals surface area (Å²) in [7, 11) is 0. The average Bonchev–Trinajstić information content (AvgIpc) is 3.34. The van der Waals surface area contributed by atoms with Gasteiger partial charge < -0.3 is 14.4 Å². The summed E-state index contributed by atoms with van der Waals surface area (Å²) >= 11 is 0. The van der Waals surface area contributed by atoms with E-state index >= 15 is 0 Å². The predicted octanol–water partition coefficient (Wildman–Crippen LogP) is 2.92. The number of hydrogen-bond acceptors (Lipinski definition) is 6. The van der Waals surface area contributed by atoms with Crippen LogP contribution in [0, 0.1) is 6.92 Å². The maximum atomic E-state index is 12.3. The van der Waals surface area contributed by atoms with Gasteiger partial charge in [0.05, 0.1) is 6.61 Å². The molecule has 0 saturated heterocycles. The van der Waals surface area contributed by atoms with E-state index in [1.807, 2.05) is 31.2 Å². The Bertz CT molecular complexity index is 1000. The van der Waals surface area contributed by atoms with E-state index in [0.29, 0.717) is 12.1 Å². The molecule has 0 aliphatic heterocycles. The lowest BCUT2D eigenvalue weighted by molar-refractivity contribution is 0.0514. The second-order valence-electron chi connectivity index (χ2n) is 6.18. The molecular formula is C20H20N4O4. The molecule has 3 rings (SSSR count). The number of rotatable bonds is 7. The predicted molar refractivity (Wildman–Crippen MR) is 102 cm³/mol. The van der Waals surface area contributed by atoms with Crippen LogP contribution < -0.4 is 0 Å². The monoisotopic (exact) mass is 380 g/mol. The van der Waals surface area contributed by atoms with Gasteiger partial charge in [0.1, 0.15) is 17.8 Å². The van der Waals surface area contributed by atoms with E-state index in [9.17, 15) is 14.7 Å². The first-order valence-corrected chi connectivity index (χ1v) is 8.71. The zero-order valence-corrected chi connectivity index (χ0v) is 15.5.